The summed E-state index contributed by atoms with van der Waals surface area (Å²) < 4.78 is 2.11. The topological polar surface area (TPSA) is 47.1 Å². The second-order valence-corrected chi connectivity index (χ2v) is 4.70. The van der Waals surface area contributed by atoms with Gasteiger partial charge in [-0.3, -0.25) is 4.90 Å². The van der Waals surface area contributed by atoms with E-state index in [1.807, 2.05) is 18.7 Å². The second kappa shape index (κ2) is 7.71. The average Bonchev–Trinajstić information content (AvgIpc) is 2.96. The standard InChI is InChI=1S/C15H22N4/c16-7-4-9-18(11-12-19-10-8-17-14-19)13-15-5-2-1-3-6-15/h1-3,5-6,8,10,14H,4,7,9,11-13,16H2. The summed E-state index contributed by atoms with van der Waals surface area (Å²) in [6.45, 7) is 4.76. The van der Waals surface area contributed by atoms with Crippen LogP contribution in [-0.4, -0.2) is 34.1 Å². The summed E-state index contributed by atoms with van der Waals surface area (Å²) in [6, 6.07) is 10.6. The van der Waals surface area contributed by atoms with Crippen molar-refractivity contribution in [1.29, 1.82) is 0 Å². The molecule has 2 rings (SSSR count). The van der Waals surface area contributed by atoms with Gasteiger partial charge in [-0.25, -0.2) is 4.98 Å². The van der Waals surface area contributed by atoms with Gasteiger partial charge in [0, 0.05) is 32.0 Å². The lowest BCUT2D eigenvalue weighted by atomic mass is 10.2. The molecule has 4 heteroatoms. The average molecular weight is 258 g/mol. The molecule has 0 amide bonds. The molecule has 0 spiro atoms. The molecule has 102 valence electrons. The molecule has 0 unspecified atom stereocenters. The Labute approximate surface area is 114 Å². The maximum Gasteiger partial charge on any atom is 0.0946 e. The van der Waals surface area contributed by atoms with E-state index in [0.717, 1.165) is 39.1 Å². The molecule has 0 fully saturated rings. The maximum atomic E-state index is 5.62. The number of benzene rings is 1. The molecule has 1 heterocycles. The number of imidazole rings is 1. The van der Waals surface area contributed by atoms with Gasteiger partial charge in [0.2, 0.25) is 0 Å². The van der Waals surface area contributed by atoms with Crippen LogP contribution in [0.1, 0.15) is 12.0 Å². The Morgan fingerprint density at radius 2 is 2.00 bits per heavy atom. The van der Waals surface area contributed by atoms with Crippen LogP contribution in [0.15, 0.2) is 49.1 Å². The van der Waals surface area contributed by atoms with Gasteiger partial charge in [-0.1, -0.05) is 30.3 Å². The Kier molecular flexibility index (Phi) is 5.59. The van der Waals surface area contributed by atoms with E-state index in [1.54, 1.807) is 0 Å². The second-order valence-electron chi connectivity index (χ2n) is 4.70. The van der Waals surface area contributed by atoms with Crippen molar-refractivity contribution in [1.82, 2.24) is 14.5 Å². The Bertz CT molecular complexity index is 438. The fraction of sp³-hybridized carbons (Fsp3) is 0.400. The lowest BCUT2D eigenvalue weighted by Gasteiger charge is -2.22. The normalized spacial score (nSPS) is 11.1. The summed E-state index contributed by atoms with van der Waals surface area (Å²) in [5.41, 5.74) is 6.97. The summed E-state index contributed by atoms with van der Waals surface area (Å²) in [5, 5.41) is 0. The van der Waals surface area contributed by atoms with Gasteiger partial charge in [0.25, 0.3) is 0 Å². The van der Waals surface area contributed by atoms with Crippen molar-refractivity contribution in [2.24, 2.45) is 5.73 Å². The van der Waals surface area contributed by atoms with Gasteiger partial charge in [0.15, 0.2) is 0 Å². The summed E-state index contributed by atoms with van der Waals surface area (Å²) in [6.07, 6.45) is 6.73. The zero-order chi connectivity index (χ0) is 13.3. The molecule has 0 bridgehead atoms. The zero-order valence-corrected chi connectivity index (χ0v) is 11.3. The molecular formula is C15H22N4. The molecule has 0 aliphatic heterocycles. The quantitative estimate of drug-likeness (QED) is 0.784. The number of nitrogens with two attached hydrogens (primary N) is 1. The highest BCUT2D eigenvalue weighted by molar-refractivity contribution is 5.14. The number of nitrogens with zero attached hydrogens (tertiary/aromatic N) is 3. The predicted molar refractivity (Wildman–Crippen MR) is 77.6 cm³/mol. The monoisotopic (exact) mass is 258 g/mol. The highest BCUT2D eigenvalue weighted by atomic mass is 15.1. The molecular weight excluding hydrogens is 236 g/mol. The molecule has 0 saturated heterocycles. The number of aromatic nitrogens is 2. The number of rotatable bonds is 8. The predicted octanol–water partition coefficient (Wildman–Crippen LogP) is 1.73. The molecule has 0 atom stereocenters. The van der Waals surface area contributed by atoms with E-state index < -0.39 is 0 Å². The van der Waals surface area contributed by atoms with Crippen LogP contribution < -0.4 is 5.73 Å². The van der Waals surface area contributed by atoms with Crippen LogP contribution in [-0.2, 0) is 13.1 Å². The minimum Gasteiger partial charge on any atom is -0.336 e. The van der Waals surface area contributed by atoms with E-state index >= 15 is 0 Å². The number of hydrogen-bond acceptors (Lipinski definition) is 3. The lowest BCUT2D eigenvalue weighted by Crippen LogP contribution is -2.29. The van der Waals surface area contributed by atoms with Crippen LogP contribution in [0.5, 0.6) is 0 Å². The molecule has 0 radical (unpaired) electrons. The third-order valence-electron chi connectivity index (χ3n) is 3.16. The first-order chi connectivity index (χ1) is 9.38. The smallest absolute Gasteiger partial charge is 0.0946 e. The third-order valence-corrected chi connectivity index (χ3v) is 3.16. The first kappa shape index (κ1) is 13.8. The molecule has 0 aliphatic carbocycles. The Morgan fingerprint density at radius 3 is 2.68 bits per heavy atom. The van der Waals surface area contributed by atoms with Crippen LogP contribution in [0.25, 0.3) is 0 Å². The van der Waals surface area contributed by atoms with Gasteiger partial charge >= 0.3 is 0 Å². The molecule has 0 saturated carbocycles. The summed E-state index contributed by atoms with van der Waals surface area (Å²) in [4.78, 5) is 6.52. The molecule has 2 N–H and O–H groups in total. The van der Waals surface area contributed by atoms with E-state index in [4.69, 9.17) is 5.73 Å². The first-order valence-corrected chi connectivity index (χ1v) is 6.80. The van der Waals surface area contributed by atoms with Crippen molar-refractivity contribution in [2.45, 2.75) is 19.5 Å². The van der Waals surface area contributed by atoms with Crippen LogP contribution in [0.3, 0.4) is 0 Å². The van der Waals surface area contributed by atoms with Gasteiger partial charge in [0.05, 0.1) is 6.33 Å². The van der Waals surface area contributed by atoms with E-state index in [-0.39, 0.29) is 0 Å². The molecule has 19 heavy (non-hydrogen) atoms. The van der Waals surface area contributed by atoms with Gasteiger partial charge in [0.1, 0.15) is 0 Å². The van der Waals surface area contributed by atoms with Crippen molar-refractivity contribution in [3.8, 4) is 0 Å². The van der Waals surface area contributed by atoms with Crippen molar-refractivity contribution < 1.29 is 0 Å². The minimum absolute atomic E-state index is 0.746. The largest absolute Gasteiger partial charge is 0.336 e. The summed E-state index contributed by atoms with van der Waals surface area (Å²) >= 11 is 0. The molecule has 4 nitrogen and oxygen atoms in total. The summed E-state index contributed by atoms with van der Waals surface area (Å²) in [5.74, 6) is 0. The lowest BCUT2D eigenvalue weighted by molar-refractivity contribution is 0.253. The highest BCUT2D eigenvalue weighted by Crippen LogP contribution is 2.05. The van der Waals surface area contributed by atoms with Crippen LogP contribution >= 0.6 is 0 Å². The fourth-order valence-corrected chi connectivity index (χ4v) is 2.10. The molecule has 1 aromatic carbocycles. The Morgan fingerprint density at radius 1 is 1.16 bits per heavy atom. The van der Waals surface area contributed by atoms with E-state index in [0.29, 0.717) is 0 Å². The molecule has 2 aromatic rings. The maximum absolute atomic E-state index is 5.62. The van der Waals surface area contributed by atoms with Gasteiger partial charge in [-0.2, -0.15) is 0 Å². The fourth-order valence-electron chi connectivity index (χ4n) is 2.10. The van der Waals surface area contributed by atoms with Crippen molar-refractivity contribution in [3.05, 3.63) is 54.6 Å². The number of hydrogen-bond donors (Lipinski definition) is 1. The van der Waals surface area contributed by atoms with E-state index in [2.05, 4.69) is 44.8 Å². The van der Waals surface area contributed by atoms with Gasteiger partial charge in [-0.05, 0) is 25.1 Å². The van der Waals surface area contributed by atoms with Crippen molar-refractivity contribution in [3.63, 3.8) is 0 Å². The Balaban J connectivity index is 1.87. The third kappa shape index (κ3) is 4.85. The molecule has 0 aliphatic rings. The zero-order valence-electron chi connectivity index (χ0n) is 11.3. The minimum atomic E-state index is 0.746. The van der Waals surface area contributed by atoms with Crippen LogP contribution in [0.4, 0.5) is 0 Å². The Hall–Kier alpha value is -1.65. The van der Waals surface area contributed by atoms with Crippen LogP contribution in [0.2, 0.25) is 0 Å². The van der Waals surface area contributed by atoms with Crippen molar-refractivity contribution in [2.75, 3.05) is 19.6 Å². The van der Waals surface area contributed by atoms with Gasteiger partial charge in [-0.15, -0.1) is 0 Å². The molecule has 1 aromatic heterocycles. The SMILES string of the molecule is NCCCN(CCn1ccnc1)Cc1ccccc1. The van der Waals surface area contributed by atoms with E-state index in [1.165, 1.54) is 5.56 Å². The first-order valence-electron chi connectivity index (χ1n) is 6.80. The van der Waals surface area contributed by atoms with Crippen LogP contribution in [0, 0.1) is 0 Å². The summed E-state index contributed by atoms with van der Waals surface area (Å²) in [7, 11) is 0. The highest BCUT2D eigenvalue weighted by Gasteiger charge is 2.05. The van der Waals surface area contributed by atoms with Crippen molar-refractivity contribution >= 4 is 0 Å². The van der Waals surface area contributed by atoms with Gasteiger partial charge < -0.3 is 10.3 Å². The van der Waals surface area contributed by atoms with E-state index in [9.17, 15) is 0 Å².